The quantitative estimate of drug-likeness (QED) is 0.520. The number of carbonyl (C=O) groups is 2. The number of urea groups is 1. The van der Waals surface area contributed by atoms with Crippen molar-refractivity contribution in [1.29, 1.82) is 0 Å². The summed E-state index contributed by atoms with van der Waals surface area (Å²) in [5.74, 6) is -0.646. The second-order valence-corrected chi connectivity index (χ2v) is 4.75. The molecule has 1 aromatic carbocycles. The normalized spacial score (nSPS) is 18.0. The van der Waals surface area contributed by atoms with Crippen LogP contribution < -0.4 is 5.32 Å². The molecule has 116 valence electrons. The van der Waals surface area contributed by atoms with Gasteiger partial charge in [-0.3, -0.25) is 10.1 Å². The molecular weight excluding hydrogens is 290 g/mol. The summed E-state index contributed by atoms with van der Waals surface area (Å²) < 4.78 is 4.75. The van der Waals surface area contributed by atoms with Crippen LogP contribution in [0, 0.1) is 10.1 Å². The van der Waals surface area contributed by atoms with Crippen molar-refractivity contribution in [1.82, 2.24) is 10.2 Å². The molecule has 0 radical (unpaired) electrons. The zero-order chi connectivity index (χ0) is 16.4. The van der Waals surface area contributed by atoms with E-state index in [2.05, 4.69) is 5.32 Å². The van der Waals surface area contributed by atoms with Crippen molar-refractivity contribution in [3.63, 3.8) is 0 Å². The van der Waals surface area contributed by atoms with E-state index in [0.717, 1.165) is 0 Å². The highest BCUT2D eigenvalue weighted by Gasteiger charge is 2.37. The van der Waals surface area contributed by atoms with Crippen LogP contribution in [-0.2, 0) is 9.53 Å². The Balaban J connectivity index is 2.65. The van der Waals surface area contributed by atoms with Gasteiger partial charge in [0.15, 0.2) is 0 Å². The molecule has 0 bridgehead atoms. The van der Waals surface area contributed by atoms with E-state index >= 15 is 0 Å². The van der Waals surface area contributed by atoms with Crippen molar-refractivity contribution in [2.24, 2.45) is 0 Å². The number of nitro benzene ring substituents is 1. The van der Waals surface area contributed by atoms with Gasteiger partial charge in [0.1, 0.15) is 0 Å². The summed E-state index contributed by atoms with van der Waals surface area (Å²) in [6.45, 7) is 1.59. The van der Waals surface area contributed by atoms with Crippen LogP contribution in [0.4, 0.5) is 10.5 Å². The second-order valence-electron chi connectivity index (χ2n) is 4.75. The van der Waals surface area contributed by atoms with Gasteiger partial charge < -0.3 is 15.0 Å². The highest BCUT2D eigenvalue weighted by Crippen LogP contribution is 2.34. The molecule has 1 aromatic rings. The number of esters is 1. The lowest BCUT2D eigenvalue weighted by atomic mass is 9.94. The number of para-hydroxylation sites is 1. The van der Waals surface area contributed by atoms with Crippen LogP contribution in [0.25, 0.3) is 0 Å². The molecule has 2 rings (SSSR count). The molecule has 0 fully saturated rings. The van der Waals surface area contributed by atoms with Crippen LogP contribution in [0.3, 0.4) is 0 Å². The minimum atomic E-state index is -0.933. The molecule has 1 aliphatic rings. The van der Waals surface area contributed by atoms with E-state index in [1.165, 1.54) is 37.3 Å². The number of ether oxygens (including phenoxy) is 1. The largest absolute Gasteiger partial charge is 0.466 e. The number of methoxy groups -OCH3 is 1. The Labute approximate surface area is 126 Å². The van der Waals surface area contributed by atoms with E-state index < -0.39 is 23.0 Å². The third-order valence-electron chi connectivity index (χ3n) is 3.60. The summed E-state index contributed by atoms with van der Waals surface area (Å²) in [4.78, 5) is 35.9. The van der Waals surface area contributed by atoms with E-state index in [9.17, 15) is 19.7 Å². The van der Waals surface area contributed by atoms with Gasteiger partial charge in [-0.05, 0) is 13.0 Å². The Morgan fingerprint density at radius 1 is 1.41 bits per heavy atom. The molecule has 0 saturated heterocycles. The fourth-order valence-corrected chi connectivity index (χ4v) is 2.34. The first-order chi connectivity index (χ1) is 10.4. The minimum absolute atomic E-state index is 0.166. The van der Waals surface area contributed by atoms with E-state index in [1.807, 2.05) is 0 Å². The van der Waals surface area contributed by atoms with Gasteiger partial charge >= 0.3 is 12.0 Å². The van der Waals surface area contributed by atoms with Gasteiger partial charge in [-0.1, -0.05) is 12.1 Å². The van der Waals surface area contributed by atoms with Crippen LogP contribution in [0.2, 0.25) is 0 Å². The van der Waals surface area contributed by atoms with Crippen molar-refractivity contribution in [2.75, 3.05) is 14.2 Å². The zero-order valence-electron chi connectivity index (χ0n) is 12.3. The average molecular weight is 305 g/mol. The molecule has 22 heavy (non-hydrogen) atoms. The van der Waals surface area contributed by atoms with Crippen LogP contribution in [0.5, 0.6) is 0 Å². The summed E-state index contributed by atoms with van der Waals surface area (Å²) in [5, 5.41) is 13.8. The summed E-state index contributed by atoms with van der Waals surface area (Å²) in [5.41, 5.74) is 0.609. The molecule has 1 aliphatic heterocycles. The second kappa shape index (κ2) is 5.84. The van der Waals surface area contributed by atoms with Crippen LogP contribution in [-0.4, -0.2) is 36.0 Å². The Bertz CT molecular complexity index is 683. The van der Waals surface area contributed by atoms with E-state index in [1.54, 1.807) is 13.0 Å². The van der Waals surface area contributed by atoms with Crippen molar-refractivity contribution in [2.45, 2.75) is 13.0 Å². The molecule has 0 saturated carbocycles. The van der Waals surface area contributed by atoms with Gasteiger partial charge in [0.05, 0.1) is 29.2 Å². The van der Waals surface area contributed by atoms with Crippen LogP contribution in [0.1, 0.15) is 18.5 Å². The Kier molecular flexibility index (Phi) is 4.11. The first kappa shape index (κ1) is 15.5. The number of nitro groups is 1. The highest BCUT2D eigenvalue weighted by molar-refractivity contribution is 5.95. The standard InChI is InChI=1S/C14H15N3O5/c1-8-11(13(18)22-3)12(15-14(19)16(8)2)9-6-4-5-7-10(9)17(20)21/h4-7,12H,1-3H3,(H,15,19)/t12-/m1/s1. The summed E-state index contributed by atoms with van der Waals surface area (Å²) >= 11 is 0. The van der Waals surface area contributed by atoms with E-state index in [0.29, 0.717) is 5.70 Å². The molecule has 1 N–H and O–H groups in total. The molecule has 2 amide bonds. The number of allylic oxidation sites excluding steroid dienone is 1. The first-order valence-electron chi connectivity index (χ1n) is 6.45. The molecule has 0 aromatic heterocycles. The Morgan fingerprint density at radius 3 is 2.64 bits per heavy atom. The monoisotopic (exact) mass is 305 g/mol. The maximum absolute atomic E-state index is 12.1. The third kappa shape index (κ3) is 2.50. The predicted octanol–water partition coefficient (Wildman–Crippen LogP) is 1.74. The minimum Gasteiger partial charge on any atom is -0.466 e. The van der Waals surface area contributed by atoms with Crippen LogP contribution in [0.15, 0.2) is 35.5 Å². The third-order valence-corrected chi connectivity index (χ3v) is 3.60. The topological polar surface area (TPSA) is 102 Å². The molecule has 8 nitrogen and oxygen atoms in total. The van der Waals surface area contributed by atoms with Crippen molar-refractivity contribution >= 4 is 17.7 Å². The Hall–Kier alpha value is -2.90. The Morgan fingerprint density at radius 2 is 2.05 bits per heavy atom. The van der Waals surface area contributed by atoms with E-state index in [4.69, 9.17) is 4.74 Å². The van der Waals surface area contributed by atoms with Gasteiger partial charge in [0, 0.05) is 18.8 Å². The lowest BCUT2D eigenvalue weighted by Crippen LogP contribution is -2.46. The van der Waals surface area contributed by atoms with Crippen LogP contribution >= 0.6 is 0 Å². The lowest BCUT2D eigenvalue weighted by molar-refractivity contribution is -0.385. The van der Waals surface area contributed by atoms with Gasteiger partial charge in [0.25, 0.3) is 5.69 Å². The fourth-order valence-electron chi connectivity index (χ4n) is 2.34. The number of nitrogens with zero attached hydrogens (tertiary/aromatic N) is 2. The van der Waals surface area contributed by atoms with Crippen molar-refractivity contribution in [3.05, 3.63) is 51.2 Å². The molecule has 0 aliphatic carbocycles. The lowest BCUT2D eigenvalue weighted by Gasteiger charge is -2.32. The number of hydrogen-bond donors (Lipinski definition) is 1. The number of nitrogens with one attached hydrogen (secondary N) is 1. The highest BCUT2D eigenvalue weighted by atomic mass is 16.6. The SMILES string of the molecule is COC(=O)C1=C(C)N(C)C(=O)N[C@@H]1c1ccccc1[N+](=O)[O-]. The van der Waals surface area contributed by atoms with Gasteiger partial charge in [0.2, 0.25) is 0 Å². The molecule has 0 spiro atoms. The fraction of sp³-hybridized carbons (Fsp3) is 0.286. The average Bonchev–Trinajstić information content (AvgIpc) is 2.51. The smallest absolute Gasteiger partial charge is 0.337 e. The number of hydrogen-bond acceptors (Lipinski definition) is 5. The predicted molar refractivity (Wildman–Crippen MR) is 76.8 cm³/mol. The number of rotatable bonds is 3. The number of amides is 2. The first-order valence-corrected chi connectivity index (χ1v) is 6.45. The summed E-state index contributed by atoms with van der Waals surface area (Å²) in [6.07, 6.45) is 0. The maximum atomic E-state index is 12.1. The molecule has 8 heteroatoms. The van der Waals surface area contributed by atoms with Gasteiger partial charge in [-0.15, -0.1) is 0 Å². The maximum Gasteiger partial charge on any atom is 0.337 e. The molecule has 0 unspecified atom stereocenters. The van der Waals surface area contributed by atoms with Crippen molar-refractivity contribution < 1.29 is 19.2 Å². The van der Waals surface area contributed by atoms with Gasteiger partial charge in [-0.25, -0.2) is 9.59 Å². The molecule has 1 heterocycles. The molecule has 1 atom stereocenters. The van der Waals surface area contributed by atoms with Crippen molar-refractivity contribution in [3.8, 4) is 0 Å². The summed E-state index contributed by atoms with van der Waals surface area (Å²) in [6, 6.07) is 4.57. The molecular formula is C14H15N3O5. The van der Waals surface area contributed by atoms with E-state index in [-0.39, 0.29) is 16.8 Å². The zero-order valence-corrected chi connectivity index (χ0v) is 12.3. The number of carbonyl (C=O) groups excluding carboxylic acids is 2. The van der Waals surface area contributed by atoms with Gasteiger partial charge in [-0.2, -0.15) is 0 Å². The number of benzene rings is 1. The summed E-state index contributed by atoms with van der Waals surface area (Å²) in [7, 11) is 2.72.